The molecule has 3 aromatic heterocycles. The number of hydrogen-bond donors (Lipinski definition) is 1. The molecule has 33 heavy (non-hydrogen) atoms. The van der Waals surface area contributed by atoms with Gasteiger partial charge in [0.15, 0.2) is 11.2 Å². The molecule has 9 nitrogen and oxygen atoms in total. The molecular weight excluding hydrogens is 442 g/mol. The minimum absolute atomic E-state index is 0.404. The van der Waals surface area contributed by atoms with E-state index in [4.69, 9.17) is 11.6 Å². The Bertz CT molecular complexity index is 1490. The summed E-state index contributed by atoms with van der Waals surface area (Å²) in [5.74, 6) is 0.694. The second-order valence-corrected chi connectivity index (χ2v) is 9.26. The number of benzene rings is 1. The number of anilines is 1. The molecule has 1 fully saturated rings. The summed E-state index contributed by atoms with van der Waals surface area (Å²) in [6, 6.07) is 6.05. The van der Waals surface area contributed by atoms with Gasteiger partial charge < -0.3 is 9.47 Å². The Balaban J connectivity index is 1.37. The molecule has 1 aliphatic heterocycles. The van der Waals surface area contributed by atoms with Crippen molar-refractivity contribution in [1.82, 2.24) is 28.4 Å². The number of aromatic nitrogens is 5. The fourth-order valence-corrected chi connectivity index (χ4v) is 4.99. The lowest BCUT2D eigenvalue weighted by Gasteiger charge is -2.37. The lowest BCUT2D eigenvalue weighted by Crippen LogP contribution is -2.47. The van der Waals surface area contributed by atoms with E-state index in [1.807, 2.05) is 30.4 Å². The van der Waals surface area contributed by atoms with Gasteiger partial charge in [0.25, 0.3) is 5.56 Å². The highest BCUT2D eigenvalue weighted by Gasteiger charge is 2.22. The van der Waals surface area contributed by atoms with Crippen LogP contribution < -0.4 is 16.1 Å². The van der Waals surface area contributed by atoms with Crippen molar-refractivity contribution in [2.75, 3.05) is 37.6 Å². The van der Waals surface area contributed by atoms with E-state index >= 15 is 0 Å². The first kappa shape index (κ1) is 21.8. The fourth-order valence-electron chi connectivity index (χ4n) is 4.82. The first-order chi connectivity index (χ1) is 15.8. The molecular formula is C23H28ClN7O2. The van der Waals surface area contributed by atoms with Crippen LogP contribution in [0.5, 0.6) is 0 Å². The molecule has 1 saturated heterocycles. The average molecular weight is 470 g/mol. The molecule has 0 atom stereocenters. The largest absolute Gasteiger partial charge is 0.369 e. The molecule has 0 bridgehead atoms. The van der Waals surface area contributed by atoms with Crippen molar-refractivity contribution in [1.29, 1.82) is 0 Å². The van der Waals surface area contributed by atoms with Crippen LogP contribution in [0.2, 0.25) is 5.02 Å². The molecule has 5 rings (SSSR count). The van der Waals surface area contributed by atoms with Gasteiger partial charge in [-0.25, -0.2) is 4.79 Å². The molecule has 10 heteroatoms. The van der Waals surface area contributed by atoms with Crippen LogP contribution in [0.25, 0.3) is 16.9 Å². The van der Waals surface area contributed by atoms with Crippen molar-refractivity contribution in [3.05, 3.63) is 61.0 Å². The van der Waals surface area contributed by atoms with Gasteiger partial charge in [-0.2, -0.15) is 4.98 Å². The number of halogens is 1. The van der Waals surface area contributed by atoms with Gasteiger partial charge in [0.05, 0.1) is 0 Å². The van der Waals surface area contributed by atoms with Crippen LogP contribution in [0.4, 0.5) is 5.69 Å². The maximum Gasteiger partial charge on any atom is 0.329 e. The molecule has 0 saturated carbocycles. The zero-order valence-electron chi connectivity index (χ0n) is 19.4. The maximum atomic E-state index is 12.5. The Hall–Kier alpha value is -3.04. The maximum absolute atomic E-state index is 12.5. The van der Waals surface area contributed by atoms with E-state index in [0.717, 1.165) is 55.7 Å². The second-order valence-electron chi connectivity index (χ2n) is 8.82. The third-order valence-corrected chi connectivity index (χ3v) is 7.16. The number of fused-ring (bicyclic) bond motifs is 3. The standard InChI is InChI=1S/C23H28ClN7O2/c1-14-5-6-17(24)13-18(14)29-10-7-28(8-11-29)9-12-30-15(2)16(3)31-19-20(25-22(30)31)27(4)23(33)26-21(19)32/h5-6,13H,7-12H2,1-4H3,(H,26,32,33). The summed E-state index contributed by atoms with van der Waals surface area (Å²) in [7, 11) is 1.63. The second kappa shape index (κ2) is 8.07. The number of imidazole rings is 2. The Kier molecular flexibility index (Phi) is 5.33. The molecule has 174 valence electrons. The lowest BCUT2D eigenvalue weighted by molar-refractivity contribution is 0.248. The highest BCUT2D eigenvalue weighted by Crippen LogP contribution is 2.25. The minimum Gasteiger partial charge on any atom is -0.369 e. The van der Waals surface area contributed by atoms with Gasteiger partial charge >= 0.3 is 5.69 Å². The number of hydrogen-bond acceptors (Lipinski definition) is 5. The van der Waals surface area contributed by atoms with Crippen molar-refractivity contribution in [2.24, 2.45) is 7.05 Å². The number of nitrogens with zero attached hydrogens (tertiary/aromatic N) is 6. The van der Waals surface area contributed by atoms with Gasteiger partial charge in [-0.15, -0.1) is 0 Å². The number of aromatic amines is 1. The van der Waals surface area contributed by atoms with Crippen LogP contribution in [0, 0.1) is 20.8 Å². The van der Waals surface area contributed by atoms with Crippen molar-refractivity contribution >= 4 is 34.2 Å². The van der Waals surface area contributed by atoms with Gasteiger partial charge in [-0.3, -0.25) is 23.6 Å². The Morgan fingerprint density at radius 1 is 1.03 bits per heavy atom. The molecule has 0 aliphatic carbocycles. The SMILES string of the molecule is Cc1ccc(Cl)cc1N1CCN(CCn2c(C)c(C)n3c4c(=O)[nH]c(=O)n(C)c4nc23)CC1. The molecule has 0 unspecified atom stereocenters. The number of nitrogens with one attached hydrogen (secondary N) is 1. The Morgan fingerprint density at radius 3 is 2.48 bits per heavy atom. The summed E-state index contributed by atoms with van der Waals surface area (Å²) in [6.07, 6.45) is 0. The number of rotatable bonds is 4. The summed E-state index contributed by atoms with van der Waals surface area (Å²) in [5.41, 5.74) is 4.43. The van der Waals surface area contributed by atoms with Crippen LogP contribution in [-0.2, 0) is 13.6 Å². The predicted molar refractivity (Wildman–Crippen MR) is 131 cm³/mol. The van der Waals surface area contributed by atoms with E-state index in [1.54, 1.807) is 7.05 Å². The van der Waals surface area contributed by atoms with Crippen molar-refractivity contribution in [3.63, 3.8) is 0 Å². The normalized spacial score (nSPS) is 15.2. The monoisotopic (exact) mass is 469 g/mol. The summed E-state index contributed by atoms with van der Waals surface area (Å²) in [4.78, 5) is 36.5. The van der Waals surface area contributed by atoms with Gasteiger partial charge in [0, 0.05) is 68.4 Å². The van der Waals surface area contributed by atoms with Crippen LogP contribution in [0.3, 0.4) is 0 Å². The molecule has 0 spiro atoms. The highest BCUT2D eigenvalue weighted by molar-refractivity contribution is 6.30. The van der Waals surface area contributed by atoms with E-state index in [0.29, 0.717) is 16.9 Å². The molecule has 0 radical (unpaired) electrons. The fraction of sp³-hybridized carbons (Fsp3) is 0.435. The van der Waals surface area contributed by atoms with Gasteiger partial charge in [-0.1, -0.05) is 17.7 Å². The quantitative estimate of drug-likeness (QED) is 0.494. The van der Waals surface area contributed by atoms with E-state index in [-0.39, 0.29) is 0 Å². The summed E-state index contributed by atoms with van der Waals surface area (Å²) in [5, 5.41) is 0.768. The van der Waals surface area contributed by atoms with Gasteiger partial charge in [0.2, 0.25) is 5.78 Å². The zero-order valence-corrected chi connectivity index (χ0v) is 20.1. The third-order valence-electron chi connectivity index (χ3n) is 6.93. The first-order valence-electron chi connectivity index (χ1n) is 11.2. The molecule has 1 aliphatic rings. The van der Waals surface area contributed by atoms with Crippen LogP contribution in [-0.4, -0.2) is 61.1 Å². The highest BCUT2D eigenvalue weighted by atomic mass is 35.5. The first-order valence-corrected chi connectivity index (χ1v) is 11.5. The van der Waals surface area contributed by atoms with Crippen molar-refractivity contribution in [3.8, 4) is 0 Å². The van der Waals surface area contributed by atoms with Crippen LogP contribution in [0.1, 0.15) is 17.0 Å². The van der Waals surface area contributed by atoms with Crippen LogP contribution in [0.15, 0.2) is 27.8 Å². The lowest BCUT2D eigenvalue weighted by atomic mass is 10.1. The molecule has 4 heterocycles. The van der Waals surface area contributed by atoms with Gasteiger partial charge in [-0.05, 0) is 38.5 Å². The summed E-state index contributed by atoms with van der Waals surface area (Å²) < 4.78 is 5.40. The molecule has 0 amide bonds. The molecule has 1 aromatic carbocycles. The number of aryl methyl sites for hydroxylation is 3. The van der Waals surface area contributed by atoms with E-state index in [9.17, 15) is 9.59 Å². The van der Waals surface area contributed by atoms with Crippen LogP contribution >= 0.6 is 11.6 Å². The smallest absolute Gasteiger partial charge is 0.329 e. The minimum atomic E-state index is -0.456. The topological polar surface area (TPSA) is 83.6 Å². The Labute approximate surface area is 195 Å². The molecule has 4 aromatic rings. The van der Waals surface area contributed by atoms with Crippen molar-refractivity contribution in [2.45, 2.75) is 27.3 Å². The summed E-state index contributed by atoms with van der Waals surface area (Å²) in [6.45, 7) is 11.6. The Morgan fingerprint density at radius 2 is 1.76 bits per heavy atom. The third kappa shape index (κ3) is 3.55. The predicted octanol–water partition coefficient (Wildman–Crippen LogP) is 2.08. The number of piperazine rings is 1. The number of H-pyrrole nitrogens is 1. The van der Waals surface area contributed by atoms with E-state index in [2.05, 4.69) is 37.3 Å². The van der Waals surface area contributed by atoms with E-state index < -0.39 is 11.2 Å². The summed E-state index contributed by atoms with van der Waals surface area (Å²) >= 11 is 6.22. The zero-order chi connectivity index (χ0) is 23.4. The molecule has 1 N–H and O–H groups in total. The van der Waals surface area contributed by atoms with Crippen molar-refractivity contribution < 1.29 is 0 Å². The average Bonchev–Trinajstić information content (AvgIpc) is 3.29. The van der Waals surface area contributed by atoms with Gasteiger partial charge in [0.1, 0.15) is 0 Å². The van der Waals surface area contributed by atoms with E-state index in [1.165, 1.54) is 15.8 Å².